The summed E-state index contributed by atoms with van der Waals surface area (Å²) in [4.78, 5) is 25.4. The second-order valence-electron chi connectivity index (χ2n) is 6.08. The van der Waals surface area contributed by atoms with Crippen LogP contribution in [0.3, 0.4) is 0 Å². The first-order valence-electron chi connectivity index (χ1n) is 7.03. The van der Waals surface area contributed by atoms with E-state index in [1.165, 1.54) is 7.11 Å². The van der Waals surface area contributed by atoms with Gasteiger partial charge in [-0.05, 0) is 40.7 Å². The molecule has 0 saturated carbocycles. The number of nitrogens with zero attached hydrogens (tertiary/aromatic N) is 1. The maximum Gasteiger partial charge on any atom is 0.410 e. The number of rotatable bonds is 2. The van der Waals surface area contributed by atoms with Gasteiger partial charge in [-0.3, -0.25) is 4.90 Å². The predicted molar refractivity (Wildman–Crippen MR) is 77.9 cm³/mol. The van der Waals surface area contributed by atoms with Gasteiger partial charge in [0, 0.05) is 12.1 Å². The molecule has 1 rings (SSSR count). The number of hydrogen-bond donors (Lipinski definition) is 0. The molecule has 0 N–H and O–H groups in total. The molecule has 21 heavy (non-hydrogen) atoms. The summed E-state index contributed by atoms with van der Waals surface area (Å²) in [5, 5.41) is 0. The van der Waals surface area contributed by atoms with E-state index in [0.29, 0.717) is 18.7 Å². The minimum absolute atomic E-state index is 0.217. The average Bonchev–Trinajstić information content (AvgIpc) is 2.37. The lowest BCUT2D eigenvalue weighted by Gasteiger charge is -2.39. The van der Waals surface area contributed by atoms with Crippen LogP contribution >= 0.6 is 0 Å². The van der Waals surface area contributed by atoms with Crippen LogP contribution in [0.2, 0.25) is 0 Å². The van der Waals surface area contributed by atoms with Crippen molar-refractivity contribution in [3.05, 3.63) is 11.6 Å². The molecule has 0 aromatic carbocycles. The number of amides is 1. The van der Waals surface area contributed by atoms with Gasteiger partial charge in [0.15, 0.2) is 0 Å². The maximum absolute atomic E-state index is 12.3. The topological polar surface area (TPSA) is 65.1 Å². The largest absolute Gasteiger partial charge is 0.466 e. The Kier molecular flexibility index (Phi) is 5.78. The molecule has 0 aromatic rings. The lowest BCUT2D eigenvalue weighted by atomic mass is 10.1. The smallest absolute Gasteiger partial charge is 0.410 e. The summed E-state index contributed by atoms with van der Waals surface area (Å²) in [7, 11) is 1.33. The molecule has 6 heteroatoms. The molecular formula is C15H25NO5. The SMILES string of the molecule is COC(=O)/C(C)=C/[C@@H]1[C@@H](C)OCCN1C(=O)OC(C)(C)C. The van der Waals surface area contributed by atoms with E-state index >= 15 is 0 Å². The number of ether oxygens (including phenoxy) is 3. The molecule has 1 aliphatic rings. The van der Waals surface area contributed by atoms with Crippen LogP contribution in [0, 0.1) is 0 Å². The van der Waals surface area contributed by atoms with Crippen molar-refractivity contribution in [3.63, 3.8) is 0 Å². The third-order valence-electron chi connectivity index (χ3n) is 3.11. The number of hydrogen-bond acceptors (Lipinski definition) is 5. The van der Waals surface area contributed by atoms with Gasteiger partial charge >= 0.3 is 12.1 Å². The summed E-state index contributed by atoms with van der Waals surface area (Å²) in [5.74, 6) is -0.420. The summed E-state index contributed by atoms with van der Waals surface area (Å²) in [6.45, 7) is 9.84. The molecular weight excluding hydrogens is 274 g/mol. The van der Waals surface area contributed by atoms with E-state index in [1.54, 1.807) is 17.9 Å². The minimum Gasteiger partial charge on any atom is -0.466 e. The van der Waals surface area contributed by atoms with Crippen LogP contribution in [0.4, 0.5) is 4.79 Å². The summed E-state index contributed by atoms with van der Waals surface area (Å²) in [5.41, 5.74) is -0.127. The summed E-state index contributed by atoms with van der Waals surface area (Å²) in [6, 6.07) is -0.354. The lowest BCUT2D eigenvalue weighted by molar-refractivity contribution is -0.136. The number of carbonyl (C=O) groups is 2. The van der Waals surface area contributed by atoms with Crippen LogP contribution in [0.15, 0.2) is 11.6 Å². The van der Waals surface area contributed by atoms with Gasteiger partial charge in [-0.15, -0.1) is 0 Å². The standard InChI is InChI=1S/C15H25NO5/c1-10(13(17)19-6)9-12-11(2)20-8-7-16(12)14(18)21-15(3,4)5/h9,11-12H,7-8H2,1-6H3/b10-9+/t11-,12-/m1/s1. The van der Waals surface area contributed by atoms with E-state index in [9.17, 15) is 9.59 Å². The summed E-state index contributed by atoms with van der Waals surface area (Å²) < 4.78 is 15.7. The van der Waals surface area contributed by atoms with Crippen LogP contribution in [0.25, 0.3) is 0 Å². The first-order chi connectivity index (χ1) is 9.65. The Bertz CT molecular complexity index is 424. The van der Waals surface area contributed by atoms with Crippen LogP contribution < -0.4 is 0 Å². The number of methoxy groups -OCH3 is 1. The fraction of sp³-hybridized carbons (Fsp3) is 0.733. The van der Waals surface area contributed by atoms with Gasteiger partial charge in [-0.1, -0.05) is 0 Å². The summed E-state index contributed by atoms with van der Waals surface area (Å²) in [6.07, 6.45) is 1.07. The third kappa shape index (κ3) is 5.04. The molecule has 0 aliphatic carbocycles. The molecule has 0 unspecified atom stereocenters. The molecule has 0 spiro atoms. The first kappa shape index (κ1) is 17.5. The fourth-order valence-corrected chi connectivity index (χ4v) is 2.08. The first-order valence-corrected chi connectivity index (χ1v) is 7.03. The highest BCUT2D eigenvalue weighted by molar-refractivity contribution is 5.87. The van der Waals surface area contributed by atoms with Crippen molar-refractivity contribution < 1.29 is 23.8 Å². The van der Waals surface area contributed by atoms with Crippen molar-refractivity contribution in [2.75, 3.05) is 20.3 Å². The highest BCUT2D eigenvalue weighted by atomic mass is 16.6. The fourth-order valence-electron chi connectivity index (χ4n) is 2.08. The Hall–Kier alpha value is -1.56. The maximum atomic E-state index is 12.3. The monoisotopic (exact) mass is 299 g/mol. The van der Waals surface area contributed by atoms with Crippen molar-refractivity contribution in [2.45, 2.75) is 52.4 Å². The Morgan fingerprint density at radius 2 is 1.95 bits per heavy atom. The third-order valence-corrected chi connectivity index (χ3v) is 3.11. The molecule has 6 nitrogen and oxygen atoms in total. The van der Waals surface area contributed by atoms with Gasteiger partial charge in [-0.2, -0.15) is 0 Å². The van der Waals surface area contributed by atoms with E-state index in [4.69, 9.17) is 9.47 Å². The zero-order valence-electron chi connectivity index (χ0n) is 13.6. The van der Waals surface area contributed by atoms with Gasteiger partial charge in [0.05, 0.1) is 25.9 Å². The van der Waals surface area contributed by atoms with Crippen molar-refractivity contribution in [3.8, 4) is 0 Å². The van der Waals surface area contributed by atoms with Crippen LogP contribution in [-0.2, 0) is 19.0 Å². The van der Waals surface area contributed by atoms with Gasteiger partial charge in [0.1, 0.15) is 5.60 Å². The zero-order chi connectivity index (χ0) is 16.2. The van der Waals surface area contributed by atoms with Crippen molar-refractivity contribution in [2.24, 2.45) is 0 Å². The Balaban J connectivity index is 2.94. The Morgan fingerprint density at radius 3 is 2.48 bits per heavy atom. The lowest BCUT2D eigenvalue weighted by Crippen LogP contribution is -2.53. The van der Waals surface area contributed by atoms with Gasteiger partial charge in [0.25, 0.3) is 0 Å². The Morgan fingerprint density at radius 1 is 1.33 bits per heavy atom. The van der Waals surface area contributed by atoms with Gasteiger partial charge < -0.3 is 14.2 Å². The average molecular weight is 299 g/mol. The normalized spacial score (nSPS) is 23.7. The molecule has 0 radical (unpaired) electrons. The van der Waals surface area contributed by atoms with E-state index in [2.05, 4.69) is 4.74 Å². The van der Waals surface area contributed by atoms with Crippen molar-refractivity contribution in [1.82, 2.24) is 4.90 Å². The van der Waals surface area contributed by atoms with E-state index in [0.717, 1.165) is 0 Å². The van der Waals surface area contributed by atoms with Gasteiger partial charge in [0.2, 0.25) is 0 Å². The highest BCUT2D eigenvalue weighted by Gasteiger charge is 2.34. The molecule has 1 heterocycles. The van der Waals surface area contributed by atoms with E-state index < -0.39 is 17.7 Å². The van der Waals surface area contributed by atoms with Crippen LogP contribution in [0.5, 0.6) is 0 Å². The minimum atomic E-state index is -0.565. The van der Waals surface area contributed by atoms with Crippen LogP contribution in [0.1, 0.15) is 34.6 Å². The zero-order valence-corrected chi connectivity index (χ0v) is 13.6. The molecule has 2 atom stereocenters. The van der Waals surface area contributed by atoms with Crippen molar-refractivity contribution in [1.29, 1.82) is 0 Å². The van der Waals surface area contributed by atoms with Crippen LogP contribution in [-0.4, -0.2) is 55.0 Å². The summed E-state index contributed by atoms with van der Waals surface area (Å²) >= 11 is 0. The van der Waals surface area contributed by atoms with Crippen molar-refractivity contribution >= 4 is 12.1 Å². The van der Waals surface area contributed by atoms with E-state index in [1.807, 2.05) is 27.7 Å². The second-order valence-corrected chi connectivity index (χ2v) is 6.08. The number of carbonyl (C=O) groups excluding carboxylic acids is 2. The molecule has 1 aliphatic heterocycles. The predicted octanol–water partition coefficient (Wildman–Crippen LogP) is 2.13. The molecule has 0 bridgehead atoms. The molecule has 1 saturated heterocycles. The quantitative estimate of drug-likeness (QED) is 0.577. The molecule has 120 valence electrons. The number of morpholine rings is 1. The second kappa shape index (κ2) is 6.93. The number of esters is 1. The molecule has 0 aromatic heterocycles. The Labute approximate surface area is 126 Å². The molecule has 1 fully saturated rings. The van der Waals surface area contributed by atoms with Gasteiger partial charge in [-0.25, -0.2) is 9.59 Å². The molecule has 1 amide bonds. The van der Waals surface area contributed by atoms with E-state index in [-0.39, 0.29) is 12.1 Å². The highest BCUT2D eigenvalue weighted by Crippen LogP contribution is 2.20.